The molecule has 0 aliphatic carbocycles. The molecule has 0 aliphatic heterocycles. The Morgan fingerprint density at radius 3 is 2.40 bits per heavy atom. The minimum atomic E-state index is -0.536. The second-order valence-corrected chi connectivity index (χ2v) is 5.94. The largest absolute Gasteiger partial charge is 0.496 e. The summed E-state index contributed by atoms with van der Waals surface area (Å²) in [6, 6.07) is 11.1. The lowest BCUT2D eigenvalue weighted by Crippen LogP contribution is -2.48. The molecular formula is C16H13Cl2N3O3S. The lowest BCUT2D eigenvalue weighted by Gasteiger charge is -2.12. The molecular weight excluding hydrogens is 385 g/mol. The Bertz CT molecular complexity index is 830. The molecule has 0 heterocycles. The van der Waals surface area contributed by atoms with Crippen molar-refractivity contribution in [2.75, 3.05) is 7.11 Å². The van der Waals surface area contributed by atoms with E-state index in [2.05, 4.69) is 16.2 Å². The first-order valence-corrected chi connectivity index (χ1v) is 8.08. The van der Waals surface area contributed by atoms with Crippen molar-refractivity contribution in [1.29, 1.82) is 0 Å². The van der Waals surface area contributed by atoms with Gasteiger partial charge in [0.2, 0.25) is 0 Å². The number of halogens is 2. The Morgan fingerprint density at radius 1 is 1.00 bits per heavy atom. The van der Waals surface area contributed by atoms with E-state index in [1.54, 1.807) is 24.3 Å². The van der Waals surface area contributed by atoms with E-state index in [0.29, 0.717) is 16.3 Å². The molecule has 0 radical (unpaired) electrons. The van der Waals surface area contributed by atoms with Gasteiger partial charge in [0.05, 0.1) is 23.3 Å². The van der Waals surface area contributed by atoms with Gasteiger partial charge in [0.15, 0.2) is 5.11 Å². The van der Waals surface area contributed by atoms with E-state index in [4.69, 9.17) is 40.2 Å². The molecule has 2 aromatic carbocycles. The van der Waals surface area contributed by atoms with E-state index < -0.39 is 11.8 Å². The van der Waals surface area contributed by atoms with Crippen LogP contribution < -0.4 is 20.9 Å². The van der Waals surface area contributed by atoms with Crippen molar-refractivity contribution in [3.63, 3.8) is 0 Å². The first-order chi connectivity index (χ1) is 11.9. The zero-order valence-electron chi connectivity index (χ0n) is 12.9. The molecule has 0 spiro atoms. The van der Waals surface area contributed by atoms with E-state index in [1.807, 2.05) is 0 Å². The summed E-state index contributed by atoms with van der Waals surface area (Å²) in [5.74, 6) is -0.603. The third kappa shape index (κ3) is 5.06. The maximum atomic E-state index is 12.1. The van der Waals surface area contributed by atoms with Crippen LogP contribution in [0.2, 0.25) is 10.0 Å². The summed E-state index contributed by atoms with van der Waals surface area (Å²) in [6.07, 6.45) is 0. The molecule has 25 heavy (non-hydrogen) atoms. The molecule has 0 saturated carbocycles. The van der Waals surface area contributed by atoms with Crippen molar-refractivity contribution in [3.05, 3.63) is 63.6 Å². The van der Waals surface area contributed by atoms with E-state index in [1.165, 1.54) is 25.3 Å². The van der Waals surface area contributed by atoms with Gasteiger partial charge in [-0.25, -0.2) is 0 Å². The van der Waals surface area contributed by atoms with Crippen molar-refractivity contribution in [3.8, 4) is 5.75 Å². The van der Waals surface area contributed by atoms with E-state index >= 15 is 0 Å². The van der Waals surface area contributed by atoms with Crippen molar-refractivity contribution >= 4 is 52.3 Å². The highest BCUT2D eigenvalue weighted by Crippen LogP contribution is 2.20. The smallest absolute Gasteiger partial charge is 0.273 e. The Kier molecular flexibility index (Phi) is 6.58. The number of carbonyl (C=O) groups is 2. The number of nitrogens with one attached hydrogen (secondary N) is 3. The molecule has 0 unspecified atom stereocenters. The Labute approximate surface area is 159 Å². The highest BCUT2D eigenvalue weighted by atomic mass is 35.5. The van der Waals surface area contributed by atoms with Crippen LogP contribution >= 0.6 is 35.4 Å². The summed E-state index contributed by atoms with van der Waals surface area (Å²) < 4.78 is 5.10. The number of benzene rings is 2. The van der Waals surface area contributed by atoms with Crippen LogP contribution in [0.4, 0.5) is 0 Å². The maximum absolute atomic E-state index is 12.1. The van der Waals surface area contributed by atoms with Crippen LogP contribution in [0.5, 0.6) is 5.75 Å². The van der Waals surface area contributed by atoms with E-state index in [-0.39, 0.29) is 15.7 Å². The van der Waals surface area contributed by atoms with E-state index in [9.17, 15) is 9.59 Å². The number of hydrogen-bond acceptors (Lipinski definition) is 4. The van der Waals surface area contributed by atoms with Crippen molar-refractivity contribution in [1.82, 2.24) is 16.2 Å². The number of thiocarbonyl (C=S) groups is 1. The molecule has 0 saturated heterocycles. The van der Waals surface area contributed by atoms with Gasteiger partial charge >= 0.3 is 0 Å². The lowest BCUT2D eigenvalue weighted by molar-refractivity contribution is 0.0932. The van der Waals surface area contributed by atoms with Crippen LogP contribution in [0.15, 0.2) is 42.5 Å². The highest BCUT2D eigenvalue weighted by molar-refractivity contribution is 7.80. The van der Waals surface area contributed by atoms with Crippen LogP contribution in [-0.2, 0) is 0 Å². The van der Waals surface area contributed by atoms with Crippen molar-refractivity contribution < 1.29 is 14.3 Å². The molecule has 0 aliphatic rings. The van der Waals surface area contributed by atoms with Gasteiger partial charge in [-0.15, -0.1) is 0 Å². The number of hydrogen-bond donors (Lipinski definition) is 3. The molecule has 130 valence electrons. The van der Waals surface area contributed by atoms with Crippen LogP contribution in [0.3, 0.4) is 0 Å². The second kappa shape index (κ2) is 8.66. The molecule has 0 aromatic heterocycles. The summed E-state index contributed by atoms with van der Waals surface area (Å²) in [5, 5.41) is 2.90. The third-order valence-electron chi connectivity index (χ3n) is 3.04. The zero-order chi connectivity index (χ0) is 18.4. The quantitative estimate of drug-likeness (QED) is 0.547. The Morgan fingerprint density at radius 2 is 1.72 bits per heavy atom. The highest BCUT2D eigenvalue weighted by Gasteiger charge is 2.14. The summed E-state index contributed by atoms with van der Waals surface area (Å²) >= 11 is 16.7. The van der Waals surface area contributed by atoms with Crippen molar-refractivity contribution in [2.24, 2.45) is 0 Å². The minimum Gasteiger partial charge on any atom is -0.496 e. The van der Waals surface area contributed by atoms with Gasteiger partial charge in [0.1, 0.15) is 5.75 Å². The molecule has 0 fully saturated rings. The van der Waals surface area contributed by atoms with Gasteiger partial charge in [0.25, 0.3) is 11.8 Å². The van der Waals surface area contributed by atoms with Gasteiger partial charge in [-0.3, -0.25) is 25.8 Å². The SMILES string of the molecule is COc1ccccc1C(=O)NNC(=S)NC(=O)c1ccc(Cl)cc1Cl. The van der Waals surface area contributed by atoms with Gasteiger partial charge in [-0.05, 0) is 42.5 Å². The number of amides is 2. The molecule has 2 amide bonds. The zero-order valence-corrected chi connectivity index (χ0v) is 15.3. The Hall–Kier alpha value is -2.35. The normalized spacial score (nSPS) is 9.88. The summed E-state index contributed by atoms with van der Waals surface area (Å²) in [4.78, 5) is 24.2. The molecule has 9 heteroatoms. The fourth-order valence-corrected chi connectivity index (χ4v) is 2.53. The van der Waals surface area contributed by atoms with Gasteiger partial charge in [-0.1, -0.05) is 35.3 Å². The number of para-hydroxylation sites is 1. The molecule has 2 rings (SSSR count). The molecule has 3 N–H and O–H groups in total. The average Bonchev–Trinajstić information content (AvgIpc) is 2.59. The Balaban J connectivity index is 1.94. The van der Waals surface area contributed by atoms with Gasteiger partial charge in [0, 0.05) is 5.02 Å². The standard InChI is InChI=1S/C16H13Cl2N3O3S/c1-24-13-5-3-2-4-11(13)15(23)20-21-16(25)19-14(22)10-7-6-9(17)8-12(10)18/h2-8H,1H3,(H,20,23)(H2,19,21,22,25). The second-order valence-electron chi connectivity index (χ2n) is 4.69. The predicted octanol–water partition coefficient (Wildman–Crippen LogP) is 2.95. The topological polar surface area (TPSA) is 79.5 Å². The van der Waals surface area contributed by atoms with Gasteiger partial charge in [-0.2, -0.15) is 0 Å². The number of rotatable bonds is 3. The molecule has 2 aromatic rings. The molecule has 0 bridgehead atoms. The lowest BCUT2D eigenvalue weighted by atomic mass is 10.2. The van der Waals surface area contributed by atoms with Crippen molar-refractivity contribution in [2.45, 2.75) is 0 Å². The van der Waals surface area contributed by atoms with Crippen LogP contribution in [0, 0.1) is 0 Å². The fourth-order valence-electron chi connectivity index (χ4n) is 1.89. The van der Waals surface area contributed by atoms with Crippen LogP contribution in [0.1, 0.15) is 20.7 Å². The monoisotopic (exact) mass is 397 g/mol. The number of carbonyl (C=O) groups excluding carboxylic acids is 2. The predicted molar refractivity (Wildman–Crippen MR) is 100 cm³/mol. The third-order valence-corrected chi connectivity index (χ3v) is 3.80. The minimum absolute atomic E-state index is 0.0979. The van der Waals surface area contributed by atoms with Gasteiger partial charge < -0.3 is 4.74 Å². The summed E-state index contributed by atoms with van der Waals surface area (Å²) in [6.45, 7) is 0. The molecule has 6 nitrogen and oxygen atoms in total. The van der Waals surface area contributed by atoms with Crippen LogP contribution in [0.25, 0.3) is 0 Å². The number of hydrazine groups is 1. The number of ether oxygens (including phenoxy) is 1. The molecule has 0 atom stereocenters. The van der Waals surface area contributed by atoms with E-state index in [0.717, 1.165) is 0 Å². The summed E-state index contributed by atoms with van der Waals surface area (Å²) in [5.41, 5.74) is 5.33. The first-order valence-electron chi connectivity index (χ1n) is 6.92. The number of methoxy groups -OCH3 is 1. The maximum Gasteiger partial charge on any atom is 0.273 e. The first kappa shape index (κ1) is 19.0. The summed E-state index contributed by atoms with van der Waals surface area (Å²) in [7, 11) is 1.46. The van der Waals surface area contributed by atoms with Crippen LogP contribution in [-0.4, -0.2) is 24.0 Å². The average molecular weight is 398 g/mol. The fraction of sp³-hybridized carbons (Fsp3) is 0.0625.